The fourth-order valence-electron chi connectivity index (χ4n) is 3.11. The molecular weight excluding hydrogens is 304 g/mol. The van der Waals surface area contributed by atoms with Crippen LogP contribution in [-0.2, 0) is 17.8 Å². The van der Waals surface area contributed by atoms with Gasteiger partial charge >= 0.3 is 0 Å². The second kappa shape index (κ2) is 6.45. The Morgan fingerprint density at radius 2 is 2.08 bits per heavy atom. The molecule has 0 spiro atoms. The number of H-pyrrole nitrogens is 1. The molecule has 1 N–H and O–H groups in total. The van der Waals surface area contributed by atoms with Gasteiger partial charge in [0, 0.05) is 51.3 Å². The second-order valence-corrected chi connectivity index (χ2v) is 6.14. The van der Waals surface area contributed by atoms with Crippen molar-refractivity contribution >= 4 is 11.6 Å². The molecule has 0 aliphatic carbocycles. The van der Waals surface area contributed by atoms with Crippen molar-refractivity contribution in [3.8, 4) is 0 Å². The molecule has 1 aliphatic rings. The summed E-state index contributed by atoms with van der Waals surface area (Å²) in [5.41, 5.74) is 2.98. The zero-order chi connectivity index (χ0) is 16.4. The molecule has 124 valence electrons. The lowest BCUT2D eigenvalue weighted by Crippen LogP contribution is -2.48. The fourth-order valence-corrected chi connectivity index (χ4v) is 3.11. The molecule has 1 saturated heterocycles. The van der Waals surface area contributed by atoms with E-state index in [4.69, 9.17) is 0 Å². The third-order valence-electron chi connectivity index (χ3n) is 4.43. The molecule has 1 aliphatic heterocycles. The molecule has 0 aromatic carbocycles. The maximum absolute atomic E-state index is 12.3. The Morgan fingerprint density at radius 1 is 1.21 bits per heavy atom. The first kappa shape index (κ1) is 14.9. The van der Waals surface area contributed by atoms with E-state index >= 15 is 0 Å². The molecule has 1 fully saturated rings. The third kappa shape index (κ3) is 3.16. The quantitative estimate of drug-likeness (QED) is 0.775. The summed E-state index contributed by atoms with van der Waals surface area (Å²) < 4.78 is 2.04. The number of carbonyl (C=O) groups is 1. The first-order valence-corrected chi connectivity index (χ1v) is 8.18. The molecule has 7 heteroatoms. The van der Waals surface area contributed by atoms with Crippen LogP contribution in [0.15, 0.2) is 43.0 Å². The predicted molar refractivity (Wildman–Crippen MR) is 89.3 cm³/mol. The van der Waals surface area contributed by atoms with E-state index in [0.29, 0.717) is 6.42 Å². The van der Waals surface area contributed by atoms with E-state index in [1.165, 1.54) is 0 Å². The average molecular weight is 324 g/mol. The number of aromatic nitrogens is 4. The van der Waals surface area contributed by atoms with Crippen molar-refractivity contribution in [1.82, 2.24) is 29.4 Å². The molecule has 0 saturated carbocycles. The van der Waals surface area contributed by atoms with Crippen molar-refractivity contribution in [2.24, 2.45) is 0 Å². The van der Waals surface area contributed by atoms with Gasteiger partial charge in [-0.15, -0.1) is 0 Å². The van der Waals surface area contributed by atoms with Gasteiger partial charge in [0.1, 0.15) is 5.65 Å². The van der Waals surface area contributed by atoms with Gasteiger partial charge in [-0.1, -0.05) is 6.07 Å². The topological polar surface area (TPSA) is 69.5 Å². The Morgan fingerprint density at radius 3 is 2.83 bits per heavy atom. The van der Waals surface area contributed by atoms with Crippen molar-refractivity contribution in [2.75, 3.05) is 26.2 Å². The molecule has 0 atom stereocenters. The summed E-state index contributed by atoms with van der Waals surface area (Å²) in [6.07, 6.45) is 7.99. The highest BCUT2D eigenvalue weighted by molar-refractivity contribution is 5.78. The van der Waals surface area contributed by atoms with E-state index in [-0.39, 0.29) is 5.91 Å². The molecule has 0 bridgehead atoms. The summed E-state index contributed by atoms with van der Waals surface area (Å²) in [5.74, 6) is 0.170. The van der Waals surface area contributed by atoms with Crippen LogP contribution in [0, 0.1) is 0 Å². The van der Waals surface area contributed by atoms with Gasteiger partial charge in [0.05, 0.1) is 18.3 Å². The minimum absolute atomic E-state index is 0.170. The lowest BCUT2D eigenvalue weighted by molar-refractivity contribution is -0.132. The summed E-state index contributed by atoms with van der Waals surface area (Å²) >= 11 is 0. The molecule has 3 aromatic heterocycles. The van der Waals surface area contributed by atoms with Gasteiger partial charge in [0.25, 0.3) is 0 Å². The van der Waals surface area contributed by atoms with Gasteiger partial charge < -0.3 is 9.30 Å². The van der Waals surface area contributed by atoms with Crippen LogP contribution in [0.1, 0.15) is 11.3 Å². The average Bonchev–Trinajstić information content (AvgIpc) is 3.24. The number of hydrogen-bond donors (Lipinski definition) is 1. The maximum Gasteiger partial charge on any atom is 0.227 e. The Kier molecular flexibility index (Phi) is 4.00. The number of amides is 1. The summed E-state index contributed by atoms with van der Waals surface area (Å²) in [6.45, 7) is 4.12. The van der Waals surface area contributed by atoms with Gasteiger partial charge in [0.15, 0.2) is 0 Å². The molecule has 3 aromatic rings. The number of imidazole rings is 1. The van der Waals surface area contributed by atoms with Gasteiger partial charge in [-0.25, -0.2) is 4.98 Å². The standard InChI is InChI=1S/C17H20N6O/c24-17(9-14-10-18-19-11-14)22-7-5-21(6-8-22)12-15-13-23-4-2-1-3-16(23)20-15/h1-4,10-11,13H,5-9,12H2,(H,18,19). The number of pyridine rings is 1. The summed E-state index contributed by atoms with van der Waals surface area (Å²) in [4.78, 5) is 21.2. The van der Waals surface area contributed by atoms with Crippen molar-refractivity contribution < 1.29 is 4.79 Å². The largest absolute Gasteiger partial charge is 0.340 e. The van der Waals surface area contributed by atoms with E-state index < -0.39 is 0 Å². The summed E-state index contributed by atoms with van der Waals surface area (Å²) in [5, 5.41) is 6.63. The highest BCUT2D eigenvalue weighted by atomic mass is 16.2. The van der Waals surface area contributed by atoms with Crippen molar-refractivity contribution in [2.45, 2.75) is 13.0 Å². The van der Waals surface area contributed by atoms with Crippen molar-refractivity contribution in [1.29, 1.82) is 0 Å². The first-order chi connectivity index (χ1) is 11.8. The molecule has 1 amide bonds. The number of hydrogen-bond acceptors (Lipinski definition) is 4. The van der Waals surface area contributed by atoms with E-state index in [1.807, 2.05) is 33.7 Å². The zero-order valence-corrected chi connectivity index (χ0v) is 13.4. The highest BCUT2D eigenvalue weighted by Crippen LogP contribution is 2.11. The number of nitrogens with zero attached hydrogens (tertiary/aromatic N) is 5. The molecule has 0 radical (unpaired) electrons. The highest BCUT2D eigenvalue weighted by Gasteiger charge is 2.21. The normalized spacial score (nSPS) is 15.9. The number of carbonyl (C=O) groups excluding carboxylic acids is 1. The molecule has 24 heavy (non-hydrogen) atoms. The fraction of sp³-hybridized carbons (Fsp3) is 0.353. The molecule has 4 heterocycles. The molecule has 7 nitrogen and oxygen atoms in total. The first-order valence-electron chi connectivity index (χ1n) is 8.18. The van der Waals surface area contributed by atoms with Gasteiger partial charge in [-0.2, -0.15) is 5.10 Å². The van der Waals surface area contributed by atoms with Gasteiger partial charge in [-0.05, 0) is 17.7 Å². The van der Waals surface area contributed by atoms with E-state index in [9.17, 15) is 4.79 Å². The van der Waals surface area contributed by atoms with Crippen molar-refractivity contribution in [3.63, 3.8) is 0 Å². The maximum atomic E-state index is 12.3. The van der Waals surface area contributed by atoms with Crippen LogP contribution < -0.4 is 0 Å². The van der Waals surface area contributed by atoms with E-state index in [1.54, 1.807) is 12.4 Å². The molecular formula is C17H20N6O. The van der Waals surface area contributed by atoms with Crippen LogP contribution in [0.4, 0.5) is 0 Å². The number of piperazine rings is 1. The van der Waals surface area contributed by atoms with Crippen molar-refractivity contribution in [3.05, 3.63) is 54.2 Å². The molecule has 0 unspecified atom stereocenters. The second-order valence-electron chi connectivity index (χ2n) is 6.14. The number of aromatic amines is 1. The van der Waals surface area contributed by atoms with Gasteiger partial charge in [0.2, 0.25) is 5.91 Å². The van der Waals surface area contributed by atoms with E-state index in [2.05, 4.69) is 26.3 Å². The number of nitrogens with one attached hydrogen (secondary N) is 1. The number of rotatable bonds is 4. The van der Waals surface area contributed by atoms with Crippen LogP contribution in [0.25, 0.3) is 5.65 Å². The van der Waals surface area contributed by atoms with Crippen LogP contribution >= 0.6 is 0 Å². The van der Waals surface area contributed by atoms with Crippen LogP contribution in [0.3, 0.4) is 0 Å². The monoisotopic (exact) mass is 324 g/mol. The van der Waals surface area contributed by atoms with Crippen LogP contribution in [-0.4, -0.2) is 61.5 Å². The zero-order valence-electron chi connectivity index (χ0n) is 13.4. The molecule has 4 rings (SSSR count). The minimum Gasteiger partial charge on any atom is -0.340 e. The minimum atomic E-state index is 0.170. The van der Waals surface area contributed by atoms with Crippen LogP contribution in [0.5, 0.6) is 0 Å². The summed E-state index contributed by atoms with van der Waals surface area (Å²) in [6, 6.07) is 6.01. The Balaban J connectivity index is 1.31. The summed E-state index contributed by atoms with van der Waals surface area (Å²) in [7, 11) is 0. The van der Waals surface area contributed by atoms with E-state index in [0.717, 1.165) is 49.6 Å². The smallest absolute Gasteiger partial charge is 0.227 e. The predicted octanol–water partition coefficient (Wildman–Crippen LogP) is 0.944. The SMILES string of the molecule is O=C(Cc1cn[nH]c1)N1CCN(Cc2cn3ccccc3n2)CC1. The lowest BCUT2D eigenvalue weighted by atomic mass is 10.2. The van der Waals surface area contributed by atoms with Crippen LogP contribution in [0.2, 0.25) is 0 Å². The number of fused-ring (bicyclic) bond motifs is 1. The third-order valence-corrected chi connectivity index (χ3v) is 4.43. The lowest BCUT2D eigenvalue weighted by Gasteiger charge is -2.34. The Labute approximate surface area is 139 Å². The Hall–Kier alpha value is -2.67. The van der Waals surface area contributed by atoms with Gasteiger partial charge in [-0.3, -0.25) is 14.8 Å². The Bertz CT molecular complexity index is 784.